The predicted molar refractivity (Wildman–Crippen MR) is 103 cm³/mol. The maximum Gasteiger partial charge on any atom is 0.185 e. The van der Waals surface area contributed by atoms with Crippen molar-refractivity contribution in [3.05, 3.63) is 57.1 Å². The van der Waals surface area contributed by atoms with Crippen molar-refractivity contribution in [1.29, 1.82) is 0 Å². The smallest absolute Gasteiger partial charge is 0.185 e. The zero-order chi connectivity index (χ0) is 20.0. The lowest BCUT2D eigenvalue weighted by Gasteiger charge is -2.39. The van der Waals surface area contributed by atoms with Crippen molar-refractivity contribution in [2.75, 3.05) is 13.2 Å². The number of rotatable bonds is 0. The first kappa shape index (κ1) is 17.8. The van der Waals surface area contributed by atoms with E-state index < -0.39 is 18.6 Å². The number of halogens is 1. The Bertz CT molecular complexity index is 1020. The Balaban J connectivity index is 1.50. The summed E-state index contributed by atoms with van der Waals surface area (Å²) in [5, 5.41) is 31.2. The molecule has 5 atom stereocenters. The van der Waals surface area contributed by atoms with Gasteiger partial charge in [0.1, 0.15) is 11.9 Å². The van der Waals surface area contributed by atoms with Crippen LogP contribution in [0, 0.1) is 5.92 Å². The van der Waals surface area contributed by atoms with E-state index in [1.165, 1.54) is 5.57 Å². The van der Waals surface area contributed by atoms with E-state index in [0.29, 0.717) is 17.7 Å². The summed E-state index contributed by atoms with van der Waals surface area (Å²) in [5.74, 6) is -0.0600. The monoisotopic (exact) mass is 398 g/mol. The Kier molecular flexibility index (Phi) is 3.66. The van der Waals surface area contributed by atoms with Crippen molar-refractivity contribution in [3.63, 3.8) is 0 Å². The van der Waals surface area contributed by atoms with Crippen LogP contribution in [0.4, 0.5) is 4.39 Å². The number of aliphatic imine (C=N–C) groups is 1. The van der Waals surface area contributed by atoms with Gasteiger partial charge in [-0.3, -0.25) is 4.99 Å². The van der Waals surface area contributed by atoms with Gasteiger partial charge >= 0.3 is 0 Å². The van der Waals surface area contributed by atoms with Gasteiger partial charge in [0.05, 0.1) is 24.1 Å². The fourth-order valence-corrected chi connectivity index (χ4v) is 5.77. The Hall–Kier alpha value is -2.06. The number of nitrogens with zero attached hydrogens (tertiary/aromatic N) is 2. The molecule has 6 rings (SSSR count). The van der Waals surface area contributed by atoms with Crippen molar-refractivity contribution < 1.29 is 24.4 Å². The molecule has 7 heteroatoms. The molecule has 6 aliphatic rings. The van der Waals surface area contributed by atoms with Crippen LogP contribution in [-0.2, 0) is 4.74 Å². The highest BCUT2D eigenvalue weighted by atomic mass is 19.1. The Labute approximate surface area is 167 Å². The fraction of sp³-hybridized carbons (Fsp3) is 0.500. The average molecular weight is 398 g/mol. The summed E-state index contributed by atoms with van der Waals surface area (Å²) in [5.41, 5.74) is 6.92. The van der Waals surface area contributed by atoms with Gasteiger partial charge in [-0.2, -0.15) is 0 Å². The van der Waals surface area contributed by atoms with E-state index in [-0.39, 0.29) is 24.4 Å². The van der Waals surface area contributed by atoms with Crippen LogP contribution in [0.2, 0.25) is 0 Å². The van der Waals surface area contributed by atoms with Gasteiger partial charge < -0.3 is 25.0 Å². The Morgan fingerprint density at radius 2 is 1.97 bits per heavy atom. The molecule has 2 fully saturated rings. The van der Waals surface area contributed by atoms with E-state index in [1.54, 1.807) is 12.2 Å². The van der Waals surface area contributed by atoms with E-state index in [2.05, 4.69) is 0 Å². The van der Waals surface area contributed by atoms with E-state index in [0.717, 1.165) is 47.4 Å². The zero-order valence-electron chi connectivity index (χ0n) is 16.1. The normalized spacial score (nSPS) is 38.2. The molecule has 6 nitrogen and oxygen atoms in total. The second-order valence-electron chi connectivity index (χ2n) is 8.63. The van der Waals surface area contributed by atoms with Gasteiger partial charge in [0.2, 0.25) is 0 Å². The number of hydrogen-bond donors (Lipinski definition) is 3. The predicted octanol–water partition coefficient (Wildman–Crippen LogP) is 1.63. The van der Waals surface area contributed by atoms with E-state index in [1.807, 2.05) is 11.8 Å². The molecule has 5 unspecified atom stereocenters. The van der Waals surface area contributed by atoms with Gasteiger partial charge in [0.25, 0.3) is 0 Å². The summed E-state index contributed by atoms with van der Waals surface area (Å²) in [6.45, 7) is 2.47. The lowest BCUT2D eigenvalue weighted by molar-refractivity contribution is -0.158. The number of hydrogen-bond acceptors (Lipinski definition) is 6. The summed E-state index contributed by atoms with van der Waals surface area (Å²) in [7, 11) is 0. The molecule has 4 aliphatic heterocycles. The van der Waals surface area contributed by atoms with Crippen LogP contribution in [0.1, 0.15) is 26.2 Å². The maximum absolute atomic E-state index is 14.6. The van der Waals surface area contributed by atoms with Crippen molar-refractivity contribution in [2.24, 2.45) is 10.9 Å². The van der Waals surface area contributed by atoms with Gasteiger partial charge in [-0.15, -0.1) is 0 Å². The summed E-state index contributed by atoms with van der Waals surface area (Å²) in [6, 6.07) is -0.263. The molecule has 2 aliphatic carbocycles. The molecule has 3 N–H and O–H groups in total. The minimum absolute atomic E-state index is 0.0681. The van der Waals surface area contributed by atoms with Gasteiger partial charge in [0.15, 0.2) is 12.5 Å². The van der Waals surface area contributed by atoms with Crippen LogP contribution in [0.25, 0.3) is 0 Å². The third-order valence-electron chi connectivity index (χ3n) is 7.24. The second kappa shape index (κ2) is 5.98. The highest BCUT2D eigenvalue weighted by Gasteiger charge is 2.47. The minimum atomic E-state index is -1.31. The number of aliphatic hydroxyl groups excluding tert-OH is 3. The van der Waals surface area contributed by atoms with Crippen LogP contribution < -0.4 is 0 Å². The number of ether oxygens (including phenoxy) is 1. The first-order valence-electron chi connectivity index (χ1n) is 10.2. The van der Waals surface area contributed by atoms with Crippen LogP contribution in [-0.4, -0.2) is 63.7 Å². The maximum atomic E-state index is 14.6. The minimum Gasteiger partial charge on any atom is -0.383 e. The van der Waals surface area contributed by atoms with Gasteiger partial charge in [-0.1, -0.05) is 11.1 Å². The molecule has 0 aromatic rings. The summed E-state index contributed by atoms with van der Waals surface area (Å²) in [6.07, 6.45) is 2.81. The number of dihydropyridines is 1. The molecular weight excluding hydrogens is 375 g/mol. The molecule has 0 radical (unpaired) electrons. The van der Waals surface area contributed by atoms with E-state index in [4.69, 9.17) is 9.73 Å². The lowest BCUT2D eigenvalue weighted by atomic mass is 9.68. The first-order chi connectivity index (χ1) is 14.0. The number of allylic oxidation sites excluding steroid dienone is 3. The highest BCUT2D eigenvalue weighted by molar-refractivity contribution is 6.16. The quantitative estimate of drug-likeness (QED) is 0.578. The molecule has 0 aromatic heterocycles. The van der Waals surface area contributed by atoms with Crippen LogP contribution in [0.15, 0.2) is 62.1 Å². The largest absolute Gasteiger partial charge is 0.383 e. The molecule has 152 valence electrons. The average Bonchev–Trinajstić information content (AvgIpc) is 3.08. The van der Waals surface area contributed by atoms with Crippen LogP contribution >= 0.6 is 0 Å². The van der Waals surface area contributed by atoms with Crippen LogP contribution in [0.3, 0.4) is 0 Å². The SMILES string of the molecule is CC1=C2CCCC3=C4CN5C(=CC6=C(COC(O)C6O)C5O)C4=NC(C=C1F)C23. The van der Waals surface area contributed by atoms with Gasteiger partial charge in [0, 0.05) is 18.0 Å². The van der Waals surface area contributed by atoms with Gasteiger partial charge in [-0.25, -0.2) is 4.39 Å². The summed E-state index contributed by atoms with van der Waals surface area (Å²) >= 11 is 0. The third kappa shape index (κ3) is 2.27. The van der Waals surface area contributed by atoms with E-state index >= 15 is 0 Å². The fourth-order valence-electron chi connectivity index (χ4n) is 5.77. The van der Waals surface area contributed by atoms with Crippen molar-refractivity contribution in [3.8, 4) is 0 Å². The molecule has 0 spiro atoms. The van der Waals surface area contributed by atoms with Gasteiger partial charge in [-0.05, 0) is 55.1 Å². The van der Waals surface area contributed by atoms with Crippen molar-refractivity contribution >= 4 is 5.71 Å². The molecule has 0 amide bonds. The van der Waals surface area contributed by atoms with E-state index in [9.17, 15) is 19.7 Å². The van der Waals surface area contributed by atoms with Crippen molar-refractivity contribution in [1.82, 2.24) is 4.90 Å². The summed E-state index contributed by atoms with van der Waals surface area (Å²) < 4.78 is 19.8. The van der Waals surface area contributed by atoms with Crippen LogP contribution in [0.5, 0.6) is 0 Å². The third-order valence-corrected chi connectivity index (χ3v) is 7.24. The van der Waals surface area contributed by atoms with Crippen molar-refractivity contribution in [2.45, 2.75) is 50.8 Å². The Morgan fingerprint density at radius 3 is 2.79 bits per heavy atom. The first-order valence-corrected chi connectivity index (χ1v) is 10.2. The molecule has 1 saturated carbocycles. The molecule has 29 heavy (non-hydrogen) atoms. The zero-order valence-corrected chi connectivity index (χ0v) is 16.1. The lowest BCUT2D eigenvalue weighted by Crippen LogP contribution is -2.45. The Morgan fingerprint density at radius 1 is 1.17 bits per heavy atom. The molecular formula is C22H23FN2O4. The molecule has 0 bridgehead atoms. The molecule has 4 heterocycles. The second-order valence-corrected chi connectivity index (χ2v) is 8.63. The topological polar surface area (TPSA) is 85.5 Å². The highest BCUT2D eigenvalue weighted by Crippen LogP contribution is 2.50. The number of aliphatic hydroxyl groups is 3. The molecule has 1 saturated heterocycles. The molecule has 0 aromatic carbocycles. The standard InChI is InChI=1S/C22H23FN2O4/c1-9-10-3-2-4-11-13-7-25-17(19(13)24-16(18(10)11)6-15(9)23)5-12-14(21(25)27)8-29-22(28)20(12)26/h5-6,16,18,20-22,26-28H,2-4,7-8H2,1H3. The number of fused-ring (bicyclic) bond motifs is 3. The summed E-state index contributed by atoms with van der Waals surface area (Å²) in [4.78, 5) is 6.79.